The quantitative estimate of drug-likeness (QED) is 0.666. The summed E-state index contributed by atoms with van der Waals surface area (Å²) in [4.78, 5) is 12.1. The summed E-state index contributed by atoms with van der Waals surface area (Å²) >= 11 is 0. The van der Waals surface area contributed by atoms with Crippen molar-refractivity contribution in [3.05, 3.63) is 59.2 Å². The highest BCUT2D eigenvalue weighted by Crippen LogP contribution is 2.27. The van der Waals surface area contributed by atoms with E-state index in [-0.39, 0.29) is 22.8 Å². The smallest absolute Gasteiger partial charge is 0.266 e. The van der Waals surface area contributed by atoms with Crippen LogP contribution in [-0.4, -0.2) is 18.1 Å². The van der Waals surface area contributed by atoms with Gasteiger partial charge in [0.05, 0.1) is 12.8 Å². The second kappa shape index (κ2) is 7.24. The summed E-state index contributed by atoms with van der Waals surface area (Å²) in [6.45, 7) is 0. The Morgan fingerprint density at radius 3 is 2.67 bits per heavy atom. The number of nitrogens with one attached hydrogen (secondary N) is 1. The maximum absolute atomic E-state index is 13.5. The number of aromatic hydroxyl groups is 1. The van der Waals surface area contributed by atoms with Gasteiger partial charge in [-0.2, -0.15) is 5.26 Å². The topological polar surface area (TPSA) is 82.3 Å². The number of halogens is 2. The van der Waals surface area contributed by atoms with E-state index in [1.807, 2.05) is 0 Å². The summed E-state index contributed by atoms with van der Waals surface area (Å²) in [6, 6.07) is 8.61. The third-order valence-electron chi connectivity index (χ3n) is 3.06. The van der Waals surface area contributed by atoms with E-state index in [9.17, 15) is 18.7 Å². The Bertz CT molecular complexity index is 857. The van der Waals surface area contributed by atoms with E-state index in [2.05, 4.69) is 5.32 Å². The molecule has 0 bridgehead atoms. The Balaban J connectivity index is 2.27. The van der Waals surface area contributed by atoms with Crippen LogP contribution in [0.1, 0.15) is 5.56 Å². The van der Waals surface area contributed by atoms with E-state index in [4.69, 9.17) is 10.00 Å². The lowest BCUT2D eigenvalue weighted by Crippen LogP contribution is -2.14. The van der Waals surface area contributed by atoms with Crippen molar-refractivity contribution >= 4 is 17.7 Å². The van der Waals surface area contributed by atoms with Crippen molar-refractivity contribution in [2.45, 2.75) is 0 Å². The van der Waals surface area contributed by atoms with Gasteiger partial charge in [-0.3, -0.25) is 4.79 Å². The zero-order valence-corrected chi connectivity index (χ0v) is 12.5. The summed E-state index contributed by atoms with van der Waals surface area (Å²) in [5.74, 6) is -2.50. The molecule has 0 heterocycles. The number of hydrogen-bond acceptors (Lipinski definition) is 4. The van der Waals surface area contributed by atoms with Crippen LogP contribution in [0.15, 0.2) is 42.0 Å². The van der Waals surface area contributed by atoms with Crippen LogP contribution in [0.4, 0.5) is 14.5 Å². The van der Waals surface area contributed by atoms with E-state index in [0.717, 1.165) is 12.1 Å². The number of ether oxygens (including phenoxy) is 1. The number of amides is 1. The predicted molar refractivity (Wildman–Crippen MR) is 83.2 cm³/mol. The molecule has 0 radical (unpaired) electrons. The normalized spacial score (nSPS) is 10.8. The van der Waals surface area contributed by atoms with Crippen LogP contribution in [-0.2, 0) is 4.79 Å². The largest absolute Gasteiger partial charge is 0.504 e. The van der Waals surface area contributed by atoms with Crippen LogP contribution >= 0.6 is 0 Å². The van der Waals surface area contributed by atoms with Gasteiger partial charge < -0.3 is 15.2 Å². The fourth-order valence-electron chi connectivity index (χ4n) is 1.88. The van der Waals surface area contributed by atoms with Crippen molar-refractivity contribution in [3.63, 3.8) is 0 Å². The number of phenols is 1. The Hall–Kier alpha value is -3.40. The predicted octanol–water partition coefficient (Wildman–Crippen LogP) is 3.22. The second-order valence-electron chi connectivity index (χ2n) is 4.68. The lowest BCUT2D eigenvalue weighted by molar-refractivity contribution is -0.112. The first-order chi connectivity index (χ1) is 11.4. The van der Waals surface area contributed by atoms with Gasteiger partial charge in [-0.25, -0.2) is 8.78 Å². The molecule has 122 valence electrons. The Morgan fingerprint density at radius 2 is 2.04 bits per heavy atom. The van der Waals surface area contributed by atoms with E-state index in [0.29, 0.717) is 11.6 Å². The standard InChI is InChI=1S/C17H12F2N2O3/c1-24-16-7-10(2-5-15(16)22)6-11(9-20)17(23)21-14-4-3-12(18)8-13(14)19/h2-8,22H,1H3,(H,21,23)/b11-6+. The fraction of sp³-hybridized carbons (Fsp3) is 0.0588. The number of phenolic OH excluding ortho intramolecular Hbond substituents is 1. The number of anilines is 1. The first-order valence-corrected chi connectivity index (χ1v) is 6.70. The number of carbonyl (C=O) groups is 1. The second-order valence-corrected chi connectivity index (χ2v) is 4.68. The molecule has 0 unspecified atom stereocenters. The zero-order valence-electron chi connectivity index (χ0n) is 12.5. The van der Waals surface area contributed by atoms with Crippen LogP contribution in [0.25, 0.3) is 6.08 Å². The van der Waals surface area contributed by atoms with Crippen molar-refractivity contribution in [2.24, 2.45) is 0 Å². The zero-order chi connectivity index (χ0) is 17.7. The highest BCUT2D eigenvalue weighted by atomic mass is 19.1. The molecular formula is C17H12F2N2O3. The van der Waals surface area contributed by atoms with Crippen molar-refractivity contribution in [2.75, 3.05) is 12.4 Å². The van der Waals surface area contributed by atoms with Gasteiger partial charge in [-0.15, -0.1) is 0 Å². The molecule has 1 amide bonds. The monoisotopic (exact) mass is 330 g/mol. The van der Waals surface area contributed by atoms with Crippen molar-refractivity contribution in [1.29, 1.82) is 5.26 Å². The molecule has 0 aliphatic heterocycles. The SMILES string of the molecule is COc1cc(/C=C(\C#N)C(=O)Nc2ccc(F)cc2F)ccc1O. The molecule has 5 nitrogen and oxygen atoms in total. The number of nitrogens with zero attached hydrogens (tertiary/aromatic N) is 1. The molecule has 0 atom stereocenters. The highest BCUT2D eigenvalue weighted by Gasteiger charge is 2.13. The maximum Gasteiger partial charge on any atom is 0.266 e. The van der Waals surface area contributed by atoms with Crippen LogP contribution in [0.5, 0.6) is 11.5 Å². The van der Waals surface area contributed by atoms with E-state index < -0.39 is 17.5 Å². The minimum absolute atomic E-state index is 0.0917. The molecule has 2 aromatic rings. The molecule has 0 aliphatic carbocycles. The third-order valence-corrected chi connectivity index (χ3v) is 3.06. The van der Waals surface area contributed by atoms with Crippen molar-refractivity contribution < 1.29 is 23.4 Å². The van der Waals surface area contributed by atoms with Gasteiger partial charge in [0, 0.05) is 6.07 Å². The lowest BCUT2D eigenvalue weighted by atomic mass is 10.1. The number of benzene rings is 2. The molecule has 2 N–H and O–H groups in total. The molecule has 2 aromatic carbocycles. The average molecular weight is 330 g/mol. The Kier molecular flexibility index (Phi) is 5.12. The summed E-state index contributed by atoms with van der Waals surface area (Å²) in [5, 5.41) is 20.8. The molecule has 0 saturated carbocycles. The minimum atomic E-state index is -0.952. The summed E-state index contributed by atoms with van der Waals surface area (Å²) < 4.78 is 31.3. The van der Waals surface area contributed by atoms with Crippen LogP contribution in [0.2, 0.25) is 0 Å². The molecule has 7 heteroatoms. The summed E-state index contributed by atoms with van der Waals surface area (Å²) in [7, 11) is 1.36. The first-order valence-electron chi connectivity index (χ1n) is 6.70. The third kappa shape index (κ3) is 3.87. The van der Waals surface area contributed by atoms with Crippen molar-refractivity contribution in [1.82, 2.24) is 0 Å². The van der Waals surface area contributed by atoms with Gasteiger partial charge in [-0.1, -0.05) is 6.07 Å². The van der Waals surface area contributed by atoms with E-state index in [1.165, 1.54) is 31.4 Å². The van der Waals surface area contributed by atoms with Crippen molar-refractivity contribution in [3.8, 4) is 17.6 Å². The van der Waals surface area contributed by atoms with Gasteiger partial charge in [0.15, 0.2) is 11.5 Å². The van der Waals surface area contributed by atoms with Gasteiger partial charge in [0.2, 0.25) is 0 Å². The molecule has 0 saturated heterocycles. The molecule has 0 fully saturated rings. The van der Waals surface area contributed by atoms with Crippen LogP contribution < -0.4 is 10.1 Å². The number of hydrogen-bond donors (Lipinski definition) is 2. The number of rotatable bonds is 4. The molecular weight excluding hydrogens is 318 g/mol. The molecule has 2 rings (SSSR count). The first kappa shape index (κ1) is 17.0. The number of methoxy groups -OCH3 is 1. The van der Waals surface area contributed by atoms with Crippen LogP contribution in [0, 0.1) is 23.0 Å². The Labute approximate surface area is 136 Å². The van der Waals surface area contributed by atoms with Gasteiger partial charge >= 0.3 is 0 Å². The average Bonchev–Trinajstić information content (AvgIpc) is 2.56. The summed E-state index contributed by atoms with van der Waals surface area (Å²) in [6.07, 6.45) is 1.25. The lowest BCUT2D eigenvalue weighted by Gasteiger charge is -2.06. The molecule has 0 aromatic heterocycles. The van der Waals surface area contributed by atoms with Crippen LogP contribution in [0.3, 0.4) is 0 Å². The fourth-order valence-corrected chi connectivity index (χ4v) is 1.88. The molecule has 0 aliphatic rings. The van der Waals surface area contributed by atoms with E-state index >= 15 is 0 Å². The highest BCUT2D eigenvalue weighted by molar-refractivity contribution is 6.09. The number of nitriles is 1. The Morgan fingerprint density at radius 1 is 1.29 bits per heavy atom. The van der Waals surface area contributed by atoms with Gasteiger partial charge in [-0.05, 0) is 35.9 Å². The van der Waals surface area contributed by atoms with E-state index in [1.54, 1.807) is 6.07 Å². The molecule has 24 heavy (non-hydrogen) atoms. The summed E-state index contributed by atoms with van der Waals surface area (Å²) in [5.41, 5.74) is -0.117. The van der Waals surface area contributed by atoms with Gasteiger partial charge in [0.1, 0.15) is 23.3 Å². The maximum atomic E-state index is 13.5. The minimum Gasteiger partial charge on any atom is -0.504 e. The number of carbonyl (C=O) groups excluding carboxylic acids is 1. The van der Waals surface area contributed by atoms with Gasteiger partial charge in [0.25, 0.3) is 5.91 Å². The molecule has 0 spiro atoms.